The van der Waals surface area contributed by atoms with Gasteiger partial charge in [0, 0.05) is 22.8 Å². The summed E-state index contributed by atoms with van der Waals surface area (Å²) in [7, 11) is 0. The number of aliphatic carboxylic acids is 1. The van der Waals surface area contributed by atoms with Crippen molar-refractivity contribution in [3.05, 3.63) is 21.9 Å². The minimum Gasteiger partial charge on any atom is -0.481 e. The molecule has 0 aliphatic rings. The molecule has 5 heteroatoms. The maximum Gasteiger partial charge on any atom is 0.306 e. The van der Waals surface area contributed by atoms with Gasteiger partial charge in [-0.3, -0.25) is 4.79 Å². The molecule has 0 aromatic carbocycles. The summed E-state index contributed by atoms with van der Waals surface area (Å²) in [5, 5.41) is 20.7. The number of carboxylic acids is 1. The van der Waals surface area contributed by atoms with Gasteiger partial charge < -0.3 is 15.5 Å². The first-order chi connectivity index (χ1) is 7.08. The molecule has 0 saturated heterocycles. The van der Waals surface area contributed by atoms with E-state index in [2.05, 4.69) is 5.32 Å². The van der Waals surface area contributed by atoms with Crippen molar-refractivity contribution in [3.63, 3.8) is 0 Å². The van der Waals surface area contributed by atoms with Crippen molar-refractivity contribution >= 4 is 17.3 Å². The van der Waals surface area contributed by atoms with Crippen LogP contribution < -0.4 is 5.32 Å². The van der Waals surface area contributed by atoms with Crippen LogP contribution in [0.4, 0.5) is 0 Å². The van der Waals surface area contributed by atoms with Gasteiger partial charge in [0.15, 0.2) is 0 Å². The van der Waals surface area contributed by atoms with Gasteiger partial charge >= 0.3 is 5.97 Å². The average molecular weight is 229 g/mol. The van der Waals surface area contributed by atoms with Crippen LogP contribution in [0.5, 0.6) is 0 Å². The van der Waals surface area contributed by atoms with Gasteiger partial charge in [0.1, 0.15) is 0 Å². The zero-order valence-electron chi connectivity index (χ0n) is 8.56. The van der Waals surface area contributed by atoms with Gasteiger partial charge in [0.25, 0.3) is 0 Å². The molecule has 0 aliphatic heterocycles. The van der Waals surface area contributed by atoms with E-state index in [0.29, 0.717) is 13.1 Å². The normalized spacial score (nSPS) is 12.7. The monoisotopic (exact) mass is 229 g/mol. The second-order valence-electron chi connectivity index (χ2n) is 3.39. The van der Waals surface area contributed by atoms with Crippen molar-refractivity contribution in [2.75, 3.05) is 6.54 Å². The molecule has 0 spiro atoms. The van der Waals surface area contributed by atoms with E-state index in [1.165, 1.54) is 9.75 Å². The molecule has 1 aromatic rings. The van der Waals surface area contributed by atoms with E-state index >= 15 is 0 Å². The van der Waals surface area contributed by atoms with Gasteiger partial charge in [0.05, 0.1) is 12.5 Å². The Bertz CT molecular complexity index is 324. The Morgan fingerprint density at radius 2 is 2.33 bits per heavy atom. The molecule has 4 nitrogen and oxygen atoms in total. The molecule has 15 heavy (non-hydrogen) atoms. The van der Waals surface area contributed by atoms with Gasteiger partial charge in [-0.05, 0) is 19.1 Å². The van der Waals surface area contributed by atoms with E-state index in [4.69, 9.17) is 5.11 Å². The van der Waals surface area contributed by atoms with Crippen LogP contribution in [0.1, 0.15) is 16.2 Å². The van der Waals surface area contributed by atoms with E-state index in [-0.39, 0.29) is 6.42 Å². The first kappa shape index (κ1) is 12.2. The molecule has 1 atom stereocenters. The Labute approximate surface area is 92.6 Å². The SMILES string of the molecule is Cc1ccc(CNCC(O)CC(=O)O)s1. The fourth-order valence-electron chi connectivity index (χ4n) is 1.22. The van der Waals surface area contributed by atoms with Gasteiger partial charge in [-0.15, -0.1) is 11.3 Å². The number of thiophene rings is 1. The number of aliphatic hydroxyl groups is 1. The van der Waals surface area contributed by atoms with Crippen molar-refractivity contribution < 1.29 is 15.0 Å². The Morgan fingerprint density at radius 3 is 2.87 bits per heavy atom. The summed E-state index contributed by atoms with van der Waals surface area (Å²) in [5.74, 6) is -0.976. The fourth-order valence-corrected chi connectivity index (χ4v) is 2.08. The third-order valence-corrected chi connectivity index (χ3v) is 2.89. The van der Waals surface area contributed by atoms with Crippen molar-refractivity contribution in [1.82, 2.24) is 5.32 Å². The second kappa shape index (κ2) is 5.85. The Balaban J connectivity index is 2.18. The third kappa shape index (κ3) is 4.92. The molecule has 84 valence electrons. The molecule has 0 fully saturated rings. The predicted octanol–water partition coefficient (Wildman–Crippen LogP) is 0.982. The molecule has 0 radical (unpaired) electrons. The van der Waals surface area contributed by atoms with Crippen LogP contribution in [-0.2, 0) is 11.3 Å². The first-order valence-electron chi connectivity index (χ1n) is 4.74. The molecule has 3 N–H and O–H groups in total. The molecular weight excluding hydrogens is 214 g/mol. The summed E-state index contributed by atoms with van der Waals surface area (Å²) in [6, 6.07) is 4.06. The molecule has 1 aromatic heterocycles. The van der Waals surface area contributed by atoms with Crippen LogP contribution in [0.25, 0.3) is 0 Å². The molecule has 0 saturated carbocycles. The summed E-state index contributed by atoms with van der Waals surface area (Å²) >= 11 is 1.69. The summed E-state index contributed by atoms with van der Waals surface area (Å²) in [4.78, 5) is 12.7. The van der Waals surface area contributed by atoms with Crippen LogP contribution in [0.3, 0.4) is 0 Å². The highest BCUT2D eigenvalue weighted by atomic mass is 32.1. The molecule has 0 amide bonds. The lowest BCUT2D eigenvalue weighted by atomic mass is 10.2. The van der Waals surface area contributed by atoms with Crippen molar-refractivity contribution in [2.45, 2.75) is 26.0 Å². The Kier molecular flexibility index (Phi) is 4.74. The van der Waals surface area contributed by atoms with E-state index in [9.17, 15) is 9.90 Å². The number of carbonyl (C=O) groups is 1. The van der Waals surface area contributed by atoms with E-state index < -0.39 is 12.1 Å². The largest absolute Gasteiger partial charge is 0.481 e. The number of hydrogen-bond donors (Lipinski definition) is 3. The van der Waals surface area contributed by atoms with E-state index in [1.54, 1.807) is 11.3 Å². The van der Waals surface area contributed by atoms with Crippen molar-refractivity contribution in [2.24, 2.45) is 0 Å². The number of aryl methyl sites for hydroxylation is 1. The van der Waals surface area contributed by atoms with Gasteiger partial charge in [0.2, 0.25) is 0 Å². The number of rotatable bonds is 6. The molecular formula is C10H15NO3S. The zero-order valence-corrected chi connectivity index (χ0v) is 9.38. The highest BCUT2D eigenvalue weighted by Gasteiger charge is 2.08. The Hall–Kier alpha value is -0.910. The standard InChI is InChI=1S/C10H15NO3S/c1-7-2-3-9(15-7)6-11-5-8(12)4-10(13)14/h2-3,8,11-12H,4-6H2,1H3,(H,13,14). The van der Waals surface area contributed by atoms with Gasteiger partial charge in [-0.2, -0.15) is 0 Å². The van der Waals surface area contributed by atoms with Gasteiger partial charge in [-0.25, -0.2) is 0 Å². The lowest BCUT2D eigenvalue weighted by Gasteiger charge is -2.08. The fraction of sp³-hybridized carbons (Fsp3) is 0.500. The van der Waals surface area contributed by atoms with Crippen LogP contribution in [0.2, 0.25) is 0 Å². The maximum atomic E-state index is 10.3. The molecule has 1 rings (SSSR count). The number of carboxylic acid groups (broad SMARTS) is 1. The topological polar surface area (TPSA) is 69.6 Å². The van der Waals surface area contributed by atoms with Crippen LogP contribution in [0, 0.1) is 6.92 Å². The van der Waals surface area contributed by atoms with Crippen LogP contribution in [-0.4, -0.2) is 28.8 Å². The lowest BCUT2D eigenvalue weighted by Crippen LogP contribution is -2.28. The predicted molar refractivity (Wildman–Crippen MR) is 59.0 cm³/mol. The summed E-state index contributed by atoms with van der Waals surface area (Å²) in [6.45, 7) is 3.02. The highest BCUT2D eigenvalue weighted by Crippen LogP contribution is 2.14. The molecule has 0 aliphatic carbocycles. The van der Waals surface area contributed by atoms with Crippen LogP contribution in [0.15, 0.2) is 12.1 Å². The Morgan fingerprint density at radius 1 is 1.60 bits per heavy atom. The number of hydrogen-bond acceptors (Lipinski definition) is 4. The smallest absolute Gasteiger partial charge is 0.306 e. The lowest BCUT2D eigenvalue weighted by molar-refractivity contribution is -0.139. The van der Waals surface area contributed by atoms with E-state index in [1.807, 2.05) is 19.1 Å². The summed E-state index contributed by atoms with van der Waals surface area (Å²) in [6.07, 6.45) is -1.03. The quantitative estimate of drug-likeness (QED) is 0.680. The van der Waals surface area contributed by atoms with Crippen molar-refractivity contribution in [1.29, 1.82) is 0 Å². The number of aliphatic hydroxyl groups excluding tert-OH is 1. The summed E-state index contributed by atoms with van der Waals surface area (Å²) in [5.41, 5.74) is 0. The molecule has 1 heterocycles. The zero-order chi connectivity index (χ0) is 11.3. The minimum atomic E-state index is -0.976. The van der Waals surface area contributed by atoms with Gasteiger partial charge in [-0.1, -0.05) is 0 Å². The summed E-state index contributed by atoms with van der Waals surface area (Å²) < 4.78 is 0. The van der Waals surface area contributed by atoms with Crippen molar-refractivity contribution in [3.8, 4) is 0 Å². The maximum absolute atomic E-state index is 10.3. The average Bonchev–Trinajstić information content (AvgIpc) is 2.50. The second-order valence-corrected chi connectivity index (χ2v) is 4.77. The molecule has 0 bridgehead atoms. The first-order valence-corrected chi connectivity index (χ1v) is 5.55. The highest BCUT2D eigenvalue weighted by molar-refractivity contribution is 7.11. The molecule has 1 unspecified atom stereocenters. The third-order valence-electron chi connectivity index (χ3n) is 1.89. The minimum absolute atomic E-state index is 0.212. The number of nitrogens with one attached hydrogen (secondary N) is 1. The van der Waals surface area contributed by atoms with Crippen LogP contribution >= 0.6 is 11.3 Å². The van der Waals surface area contributed by atoms with E-state index in [0.717, 1.165) is 0 Å².